The van der Waals surface area contributed by atoms with Gasteiger partial charge >= 0.3 is 0 Å². The van der Waals surface area contributed by atoms with Crippen molar-refractivity contribution < 1.29 is 9.59 Å². The second-order valence-corrected chi connectivity index (χ2v) is 5.87. The molecule has 2 aromatic rings. The first-order valence-electron chi connectivity index (χ1n) is 7.99. The third-order valence-corrected chi connectivity index (χ3v) is 3.87. The fourth-order valence-electron chi connectivity index (χ4n) is 2.49. The van der Waals surface area contributed by atoms with Crippen molar-refractivity contribution >= 4 is 11.8 Å². The second-order valence-electron chi connectivity index (χ2n) is 5.87. The standard InChI is InChI=1S/C19H23N3O2/c1-5-16(14-9-7-6-8-10-14)21-18(23)15-11-12-17(20-13(15)2)19(24)22(3)4/h6-12,16H,5H2,1-4H3,(H,21,23)/t16-/m0/s1. The number of hydrogen-bond acceptors (Lipinski definition) is 3. The van der Waals surface area contributed by atoms with E-state index in [4.69, 9.17) is 0 Å². The van der Waals surface area contributed by atoms with Crippen molar-refractivity contribution in [3.63, 3.8) is 0 Å². The largest absolute Gasteiger partial charge is 0.345 e. The van der Waals surface area contributed by atoms with Crippen LogP contribution in [-0.4, -0.2) is 35.8 Å². The number of benzene rings is 1. The highest BCUT2D eigenvalue weighted by atomic mass is 16.2. The first kappa shape index (κ1) is 17.7. The van der Waals surface area contributed by atoms with Crippen LogP contribution in [0.2, 0.25) is 0 Å². The quantitative estimate of drug-likeness (QED) is 0.919. The molecule has 126 valence electrons. The molecule has 1 heterocycles. The van der Waals surface area contributed by atoms with E-state index in [1.54, 1.807) is 33.2 Å². The average molecular weight is 325 g/mol. The number of nitrogens with zero attached hydrogens (tertiary/aromatic N) is 2. The molecule has 24 heavy (non-hydrogen) atoms. The minimum absolute atomic E-state index is 0.0545. The van der Waals surface area contributed by atoms with Crippen LogP contribution in [-0.2, 0) is 0 Å². The highest BCUT2D eigenvalue weighted by molar-refractivity contribution is 5.97. The normalized spacial score (nSPS) is 11.7. The Balaban J connectivity index is 2.19. The van der Waals surface area contributed by atoms with E-state index < -0.39 is 0 Å². The predicted molar refractivity (Wildman–Crippen MR) is 93.9 cm³/mol. The molecule has 5 nitrogen and oxygen atoms in total. The van der Waals surface area contributed by atoms with Gasteiger partial charge in [-0.25, -0.2) is 4.98 Å². The molecule has 1 N–H and O–H groups in total. The van der Waals surface area contributed by atoms with Gasteiger partial charge in [-0.15, -0.1) is 0 Å². The number of carbonyl (C=O) groups excluding carboxylic acids is 2. The molecule has 0 aliphatic heterocycles. The smallest absolute Gasteiger partial charge is 0.271 e. The first-order valence-corrected chi connectivity index (χ1v) is 7.99. The lowest BCUT2D eigenvalue weighted by Crippen LogP contribution is -2.29. The van der Waals surface area contributed by atoms with Gasteiger partial charge in [0.05, 0.1) is 17.3 Å². The third-order valence-electron chi connectivity index (χ3n) is 3.87. The van der Waals surface area contributed by atoms with E-state index in [0.717, 1.165) is 12.0 Å². The van der Waals surface area contributed by atoms with E-state index >= 15 is 0 Å². The van der Waals surface area contributed by atoms with Crippen molar-refractivity contribution in [1.29, 1.82) is 0 Å². The van der Waals surface area contributed by atoms with Crippen molar-refractivity contribution in [3.8, 4) is 0 Å². The van der Waals surface area contributed by atoms with Crippen LogP contribution in [0.3, 0.4) is 0 Å². The zero-order valence-corrected chi connectivity index (χ0v) is 14.5. The molecule has 0 radical (unpaired) electrons. The summed E-state index contributed by atoms with van der Waals surface area (Å²) in [5.41, 5.74) is 2.44. The molecule has 2 rings (SSSR count). The van der Waals surface area contributed by atoms with Gasteiger partial charge < -0.3 is 10.2 Å². The molecule has 0 spiro atoms. The van der Waals surface area contributed by atoms with Crippen LogP contribution in [0.1, 0.15) is 51.5 Å². The fraction of sp³-hybridized carbons (Fsp3) is 0.316. The number of pyridine rings is 1. The number of hydrogen-bond donors (Lipinski definition) is 1. The second kappa shape index (κ2) is 7.73. The summed E-state index contributed by atoms with van der Waals surface area (Å²) in [5, 5.41) is 3.04. The van der Waals surface area contributed by atoms with E-state index in [2.05, 4.69) is 10.3 Å². The highest BCUT2D eigenvalue weighted by Gasteiger charge is 2.18. The van der Waals surface area contributed by atoms with Gasteiger partial charge in [-0.1, -0.05) is 37.3 Å². The average Bonchev–Trinajstić information content (AvgIpc) is 2.59. The van der Waals surface area contributed by atoms with Crippen LogP contribution in [0, 0.1) is 6.92 Å². The highest BCUT2D eigenvalue weighted by Crippen LogP contribution is 2.17. The van der Waals surface area contributed by atoms with E-state index in [1.807, 2.05) is 37.3 Å². The molecule has 5 heteroatoms. The van der Waals surface area contributed by atoms with Gasteiger partial charge in [0.15, 0.2) is 0 Å². The fourth-order valence-corrected chi connectivity index (χ4v) is 2.49. The Labute approximate surface area is 142 Å². The van der Waals surface area contributed by atoms with Gasteiger partial charge in [0.25, 0.3) is 11.8 Å². The Morgan fingerprint density at radius 2 is 1.79 bits per heavy atom. The van der Waals surface area contributed by atoms with Crippen LogP contribution in [0.4, 0.5) is 0 Å². The van der Waals surface area contributed by atoms with Gasteiger partial charge in [-0.2, -0.15) is 0 Å². The SMILES string of the molecule is CC[C@H](NC(=O)c1ccc(C(=O)N(C)C)nc1C)c1ccccc1. The summed E-state index contributed by atoms with van der Waals surface area (Å²) in [6.45, 7) is 3.77. The Kier molecular flexibility index (Phi) is 5.68. The summed E-state index contributed by atoms with van der Waals surface area (Å²) in [6, 6.07) is 13.1. The minimum atomic E-state index is -0.181. The molecule has 0 bridgehead atoms. The number of aryl methyl sites for hydroxylation is 1. The van der Waals surface area contributed by atoms with E-state index in [-0.39, 0.29) is 17.9 Å². The number of carbonyl (C=O) groups is 2. The molecule has 1 atom stereocenters. The maximum absolute atomic E-state index is 12.6. The molecule has 1 aromatic heterocycles. The number of rotatable bonds is 5. The van der Waals surface area contributed by atoms with Crippen LogP contribution in [0.15, 0.2) is 42.5 Å². The molecule has 0 fully saturated rings. The number of nitrogens with one attached hydrogen (secondary N) is 1. The Morgan fingerprint density at radius 1 is 1.12 bits per heavy atom. The summed E-state index contributed by atoms with van der Waals surface area (Å²) in [6.07, 6.45) is 0.791. The van der Waals surface area contributed by atoms with Crippen molar-refractivity contribution in [2.45, 2.75) is 26.3 Å². The third kappa shape index (κ3) is 3.98. The van der Waals surface area contributed by atoms with Gasteiger partial charge in [-0.05, 0) is 31.0 Å². The summed E-state index contributed by atoms with van der Waals surface area (Å²) in [7, 11) is 3.34. The molecule has 0 unspecified atom stereocenters. The molecule has 0 saturated carbocycles. The minimum Gasteiger partial charge on any atom is -0.345 e. The van der Waals surface area contributed by atoms with E-state index in [0.29, 0.717) is 17.0 Å². The van der Waals surface area contributed by atoms with E-state index in [9.17, 15) is 9.59 Å². The van der Waals surface area contributed by atoms with Crippen molar-refractivity contribution in [3.05, 3.63) is 65.0 Å². The predicted octanol–water partition coefficient (Wildman–Crippen LogP) is 2.97. The maximum atomic E-state index is 12.6. The van der Waals surface area contributed by atoms with Gasteiger partial charge in [-0.3, -0.25) is 9.59 Å². The number of amides is 2. The summed E-state index contributed by atoms with van der Waals surface area (Å²) >= 11 is 0. The Hall–Kier alpha value is -2.69. The molecular weight excluding hydrogens is 302 g/mol. The number of aromatic nitrogens is 1. The van der Waals surface area contributed by atoms with Gasteiger partial charge in [0.1, 0.15) is 5.69 Å². The summed E-state index contributed by atoms with van der Waals surface area (Å²) in [4.78, 5) is 30.3. The molecule has 2 amide bonds. The molecule has 1 aromatic carbocycles. The lowest BCUT2D eigenvalue weighted by molar-refractivity contribution is 0.0820. The molecular formula is C19H23N3O2. The Bertz CT molecular complexity index is 727. The van der Waals surface area contributed by atoms with Crippen LogP contribution in [0.5, 0.6) is 0 Å². The summed E-state index contributed by atoms with van der Waals surface area (Å²) < 4.78 is 0. The van der Waals surface area contributed by atoms with Crippen LogP contribution in [0.25, 0.3) is 0 Å². The zero-order chi connectivity index (χ0) is 17.7. The molecule has 0 aliphatic rings. The van der Waals surface area contributed by atoms with Crippen molar-refractivity contribution in [2.75, 3.05) is 14.1 Å². The Morgan fingerprint density at radius 3 is 2.33 bits per heavy atom. The van der Waals surface area contributed by atoms with Gasteiger partial charge in [0.2, 0.25) is 0 Å². The molecule has 0 saturated heterocycles. The van der Waals surface area contributed by atoms with Crippen LogP contribution < -0.4 is 5.32 Å². The topological polar surface area (TPSA) is 62.3 Å². The van der Waals surface area contributed by atoms with Gasteiger partial charge in [0, 0.05) is 14.1 Å². The zero-order valence-electron chi connectivity index (χ0n) is 14.5. The van der Waals surface area contributed by atoms with Crippen LogP contribution >= 0.6 is 0 Å². The molecule has 0 aliphatic carbocycles. The van der Waals surface area contributed by atoms with E-state index in [1.165, 1.54) is 4.90 Å². The lowest BCUT2D eigenvalue weighted by atomic mass is 10.0. The summed E-state index contributed by atoms with van der Waals surface area (Å²) in [5.74, 6) is -0.361. The van der Waals surface area contributed by atoms with Crippen molar-refractivity contribution in [2.24, 2.45) is 0 Å². The monoisotopic (exact) mass is 325 g/mol. The lowest BCUT2D eigenvalue weighted by Gasteiger charge is -2.18. The van der Waals surface area contributed by atoms with Crippen molar-refractivity contribution in [1.82, 2.24) is 15.2 Å². The first-order chi connectivity index (χ1) is 11.4. The maximum Gasteiger partial charge on any atom is 0.271 e.